The fraction of sp³-hybridized carbons (Fsp3) is 0.769. The van der Waals surface area contributed by atoms with Crippen LogP contribution in [0.4, 0.5) is 13.2 Å². The molecule has 0 aliphatic rings. The molecule has 0 fully saturated rings. The average molecular weight is 372 g/mol. The monoisotopic (exact) mass is 371 g/mol. The molecule has 122 valence electrons. The quantitative estimate of drug-likeness (QED) is 0.713. The Morgan fingerprint density at radius 1 is 1.43 bits per heavy atom. The second-order valence-electron chi connectivity index (χ2n) is 4.81. The lowest BCUT2D eigenvalue weighted by Crippen LogP contribution is -2.31. The Kier molecular flexibility index (Phi) is 7.15. The number of likely N-dealkylation sites (N-methyl/N-ethyl adjacent to an activating group) is 1. The van der Waals surface area contributed by atoms with Crippen LogP contribution in [-0.4, -0.2) is 42.3 Å². The fourth-order valence-electron chi connectivity index (χ4n) is 2.06. The summed E-state index contributed by atoms with van der Waals surface area (Å²) in [6, 6.07) is 0.0379. The summed E-state index contributed by atoms with van der Waals surface area (Å²) in [6.07, 6.45) is -3.08. The van der Waals surface area contributed by atoms with E-state index in [-0.39, 0.29) is 12.6 Å². The highest BCUT2D eigenvalue weighted by atomic mass is 79.9. The molecule has 0 aliphatic heterocycles. The average Bonchev–Trinajstić information content (AvgIpc) is 2.68. The van der Waals surface area contributed by atoms with Crippen molar-refractivity contribution in [3.63, 3.8) is 0 Å². The molecule has 1 unspecified atom stereocenters. The van der Waals surface area contributed by atoms with Gasteiger partial charge in [-0.15, -0.1) is 0 Å². The van der Waals surface area contributed by atoms with E-state index in [2.05, 4.69) is 31.1 Å². The third-order valence-electron chi connectivity index (χ3n) is 3.18. The van der Waals surface area contributed by atoms with E-state index in [4.69, 9.17) is 0 Å². The Labute approximate surface area is 131 Å². The van der Waals surface area contributed by atoms with Gasteiger partial charge in [0.25, 0.3) is 0 Å². The van der Waals surface area contributed by atoms with Gasteiger partial charge in [0.1, 0.15) is 6.61 Å². The summed E-state index contributed by atoms with van der Waals surface area (Å²) in [7, 11) is 1.79. The molecule has 21 heavy (non-hydrogen) atoms. The molecular formula is C13H21BrF3N3O. The van der Waals surface area contributed by atoms with Crippen molar-refractivity contribution in [1.29, 1.82) is 0 Å². The van der Waals surface area contributed by atoms with Crippen molar-refractivity contribution in [2.45, 2.75) is 45.5 Å². The molecule has 1 atom stereocenters. The van der Waals surface area contributed by atoms with E-state index < -0.39 is 12.8 Å². The maximum atomic E-state index is 12.0. The zero-order valence-electron chi connectivity index (χ0n) is 12.4. The van der Waals surface area contributed by atoms with E-state index in [1.54, 1.807) is 7.05 Å². The van der Waals surface area contributed by atoms with E-state index in [0.717, 1.165) is 22.4 Å². The molecule has 0 radical (unpaired) electrons. The number of aromatic nitrogens is 2. The minimum absolute atomic E-state index is 0.0379. The van der Waals surface area contributed by atoms with Gasteiger partial charge in [-0.05, 0) is 43.2 Å². The summed E-state index contributed by atoms with van der Waals surface area (Å²) in [5.74, 6) is 0. The molecule has 8 heteroatoms. The zero-order valence-corrected chi connectivity index (χ0v) is 14.0. The van der Waals surface area contributed by atoms with Gasteiger partial charge in [0.05, 0.1) is 15.9 Å². The van der Waals surface area contributed by atoms with E-state index in [1.165, 1.54) is 0 Å². The fourth-order valence-corrected chi connectivity index (χ4v) is 2.51. The molecule has 1 aromatic rings. The van der Waals surface area contributed by atoms with Crippen LogP contribution in [0.25, 0.3) is 0 Å². The smallest absolute Gasteiger partial charge is 0.372 e. The number of rotatable bonds is 8. The molecule has 0 aromatic carbocycles. The standard InChI is InChI=1S/C13H21BrF3N3O/c1-4-20-11(12(14)9(2)19-20)7-10(18-3)5-6-21-8-13(15,16)17/h10,18H,4-8H2,1-3H3. The van der Waals surface area contributed by atoms with Gasteiger partial charge in [0.2, 0.25) is 0 Å². The molecule has 1 heterocycles. The number of halogens is 4. The molecule has 1 rings (SSSR count). The lowest BCUT2D eigenvalue weighted by Gasteiger charge is -2.17. The molecule has 0 aliphatic carbocycles. The van der Waals surface area contributed by atoms with Crippen molar-refractivity contribution in [2.75, 3.05) is 20.3 Å². The molecule has 1 aromatic heterocycles. The van der Waals surface area contributed by atoms with Crippen molar-refractivity contribution >= 4 is 15.9 Å². The predicted molar refractivity (Wildman–Crippen MR) is 78.4 cm³/mol. The van der Waals surface area contributed by atoms with Crippen molar-refractivity contribution < 1.29 is 17.9 Å². The van der Waals surface area contributed by atoms with Gasteiger partial charge in [-0.3, -0.25) is 4.68 Å². The first-order chi connectivity index (χ1) is 9.78. The lowest BCUT2D eigenvalue weighted by molar-refractivity contribution is -0.174. The van der Waals surface area contributed by atoms with Crippen LogP contribution in [0.2, 0.25) is 0 Å². The van der Waals surface area contributed by atoms with E-state index in [0.29, 0.717) is 12.8 Å². The third-order valence-corrected chi connectivity index (χ3v) is 4.21. The Hall–Kier alpha value is -0.600. The summed E-state index contributed by atoms with van der Waals surface area (Å²) in [6.45, 7) is 3.55. The SMILES string of the molecule is CCn1nc(C)c(Br)c1CC(CCOCC(F)(F)F)NC. The van der Waals surface area contributed by atoms with Gasteiger partial charge in [0.15, 0.2) is 0 Å². The summed E-state index contributed by atoms with van der Waals surface area (Å²) in [5, 5.41) is 7.52. The summed E-state index contributed by atoms with van der Waals surface area (Å²) in [5.41, 5.74) is 1.96. The number of alkyl halides is 3. The van der Waals surface area contributed by atoms with E-state index in [1.807, 2.05) is 18.5 Å². The highest BCUT2D eigenvalue weighted by molar-refractivity contribution is 9.10. The number of nitrogens with zero attached hydrogens (tertiary/aromatic N) is 2. The Bertz CT molecular complexity index is 449. The van der Waals surface area contributed by atoms with Gasteiger partial charge in [-0.2, -0.15) is 18.3 Å². The molecule has 1 N–H and O–H groups in total. The van der Waals surface area contributed by atoms with E-state index in [9.17, 15) is 13.2 Å². The first kappa shape index (κ1) is 18.4. The van der Waals surface area contributed by atoms with Crippen LogP contribution < -0.4 is 5.32 Å². The predicted octanol–water partition coefficient (Wildman–Crippen LogP) is 3.07. The highest BCUT2D eigenvalue weighted by Gasteiger charge is 2.27. The minimum atomic E-state index is -4.27. The maximum absolute atomic E-state index is 12.0. The van der Waals surface area contributed by atoms with Crippen LogP contribution in [-0.2, 0) is 17.7 Å². The Balaban J connectivity index is 2.54. The van der Waals surface area contributed by atoms with E-state index >= 15 is 0 Å². The van der Waals surface area contributed by atoms with Crippen molar-refractivity contribution in [1.82, 2.24) is 15.1 Å². The van der Waals surface area contributed by atoms with Crippen LogP contribution in [0, 0.1) is 6.92 Å². The van der Waals surface area contributed by atoms with Gasteiger partial charge in [-0.25, -0.2) is 0 Å². The van der Waals surface area contributed by atoms with Crippen molar-refractivity contribution in [3.05, 3.63) is 15.9 Å². The number of hydrogen-bond donors (Lipinski definition) is 1. The molecule has 0 saturated heterocycles. The molecule has 0 amide bonds. The zero-order chi connectivity index (χ0) is 16.0. The summed E-state index contributed by atoms with van der Waals surface area (Å²) in [4.78, 5) is 0. The van der Waals surface area contributed by atoms with Gasteiger partial charge < -0.3 is 10.1 Å². The lowest BCUT2D eigenvalue weighted by atomic mass is 10.1. The van der Waals surface area contributed by atoms with Crippen LogP contribution in [0.5, 0.6) is 0 Å². The van der Waals surface area contributed by atoms with Crippen LogP contribution >= 0.6 is 15.9 Å². The topological polar surface area (TPSA) is 39.1 Å². The highest BCUT2D eigenvalue weighted by Crippen LogP contribution is 2.23. The second-order valence-corrected chi connectivity index (χ2v) is 5.60. The van der Waals surface area contributed by atoms with Gasteiger partial charge in [0, 0.05) is 25.6 Å². The summed E-state index contributed by atoms with van der Waals surface area (Å²) < 4.78 is 43.5. The van der Waals surface area contributed by atoms with Crippen LogP contribution in [0.15, 0.2) is 4.47 Å². The summed E-state index contributed by atoms with van der Waals surface area (Å²) >= 11 is 3.52. The molecule has 0 spiro atoms. The molecule has 0 saturated carbocycles. The maximum Gasteiger partial charge on any atom is 0.411 e. The minimum Gasteiger partial charge on any atom is -0.372 e. The largest absolute Gasteiger partial charge is 0.411 e. The Morgan fingerprint density at radius 2 is 2.10 bits per heavy atom. The third kappa shape index (κ3) is 5.96. The number of ether oxygens (including phenoxy) is 1. The molecular weight excluding hydrogens is 351 g/mol. The first-order valence-corrected chi connectivity index (χ1v) is 7.61. The van der Waals surface area contributed by atoms with Crippen LogP contribution in [0.1, 0.15) is 24.7 Å². The Morgan fingerprint density at radius 3 is 2.62 bits per heavy atom. The van der Waals surface area contributed by atoms with Crippen LogP contribution in [0.3, 0.4) is 0 Å². The molecule has 0 bridgehead atoms. The number of hydrogen-bond acceptors (Lipinski definition) is 3. The molecule has 4 nitrogen and oxygen atoms in total. The number of aryl methyl sites for hydroxylation is 2. The van der Waals surface area contributed by atoms with Gasteiger partial charge in [-0.1, -0.05) is 0 Å². The van der Waals surface area contributed by atoms with Crippen molar-refractivity contribution in [2.24, 2.45) is 0 Å². The van der Waals surface area contributed by atoms with Gasteiger partial charge >= 0.3 is 6.18 Å². The normalized spacial score (nSPS) is 13.7. The number of nitrogens with one attached hydrogen (secondary N) is 1. The second kappa shape index (κ2) is 8.14. The first-order valence-electron chi connectivity index (χ1n) is 6.82. The van der Waals surface area contributed by atoms with Crippen molar-refractivity contribution in [3.8, 4) is 0 Å².